The van der Waals surface area contributed by atoms with E-state index in [2.05, 4.69) is 10.3 Å². The molecule has 0 saturated heterocycles. The molecule has 3 N–H and O–H groups in total. The zero-order chi connectivity index (χ0) is 14.0. The molecule has 7 heteroatoms. The van der Waals surface area contributed by atoms with Gasteiger partial charge < -0.3 is 11.1 Å². The van der Waals surface area contributed by atoms with Crippen molar-refractivity contribution >= 4 is 28.8 Å². The Kier molecular flexibility index (Phi) is 3.53. The molecule has 19 heavy (non-hydrogen) atoms. The van der Waals surface area contributed by atoms with Crippen molar-refractivity contribution in [2.75, 3.05) is 11.1 Å². The van der Waals surface area contributed by atoms with Crippen molar-refractivity contribution in [2.45, 2.75) is 6.18 Å². The molecule has 0 fully saturated rings. The zero-order valence-electron chi connectivity index (χ0n) is 9.50. The lowest BCUT2D eigenvalue weighted by atomic mass is 10.1. The van der Waals surface area contributed by atoms with Gasteiger partial charge in [0.15, 0.2) is 0 Å². The van der Waals surface area contributed by atoms with Crippen molar-refractivity contribution in [1.82, 2.24) is 4.98 Å². The summed E-state index contributed by atoms with van der Waals surface area (Å²) in [7, 11) is 0. The smallest absolute Gasteiger partial charge is 0.399 e. The van der Waals surface area contributed by atoms with Crippen LogP contribution in [0.1, 0.15) is 5.56 Å². The standard InChI is InChI=1S/C12H9ClF3N3/c13-10-5-7(17)6-11(19-10)18-9-4-2-1-3-8(9)12(14,15)16/h1-6H,(H3,17,18,19). The number of aromatic nitrogens is 1. The van der Waals surface area contributed by atoms with Crippen LogP contribution in [0.25, 0.3) is 0 Å². The molecular weight excluding hydrogens is 279 g/mol. The molecule has 1 aromatic carbocycles. The third-order valence-corrected chi connectivity index (χ3v) is 2.51. The minimum atomic E-state index is -4.45. The molecule has 2 rings (SSSR count). The lowest BCUT2D eigenvalue weighted by Crippen LogP contribution is -2.09. The highest BCUT2D eigenvalue weighted by atomic mass is 35.5. The molecule has 1 aromatic heterocycles. The summed E-state index contributed by atoms with van der Waals surface area (Å²) in [5.74, 6) is 0.154. The Hall–Kier alpha value is -1.95. The van der Waals surface area contributed by atoms with Crippen LogP contribution in [0, 0.1) is 0 Å². The summed E-state index contributed by atoms with van der Waals surface area (Å²) in [5.41, 5.74) is 4.97. The summed E-state index contributed by atoms with van der Waals surface area (Å²) in [6.45, 7) is 0. The summed E-state index contributed by atoms with van der Waals surface area (Å²) in [5, 5.41) is 2.67. The van der Waals surface area contributed by atoms with E-state index in [0.717, 1.165) is 6.07 Å². The molecule has 0 atom stereocenters. The Bertz CT molecular complexity index is 579. The van der Waals surface area contributed by atoms with Gasteiger partial charge in [-0.25, -0.2) is 4.98 Å². The van der Waals surface area contributed by atoms with Gasteiger partial charge in [0.2, 0.25) is 0 Å². The number of alkyl halides is 3. The zero-order valence-corrected chi connectivity index (χ0v) is 10.3. The van der Waals surface area contributed by atoms with Crippen LogP contribution in [0.3, 0.4) is 0 Å². The predicted molar refractivity (Wildman–Crippen MR) is 68.4 cm³/mol. The van der Waals surface area contributed by atoms with Gasteiger partial charge in [-0.05, 0) is 18.2 Å². The van der Waals surface area contributed by atoms with Crippen molar-refractivity contribution in [3.05, 3.63) is 47.1 Å². The molecule has 0 bridgehead atoms. The molecular formula is C12H9ClF3N3. The topological polar surface area (TPSA) is 50.9 Å². The number of nitrogens with two attached hydrogens (primary N) is 1. The molecule has 100 valence electrons. The second kappa shape index (κ2) is 4.97. The Labute approximate surface area is 112 Å². The lowest BCUT2D eigenvalue weighted by Gasteiger charge is -2.14. The van der Waals surface area contributed by atoms with Crippen LogP contribution in [-0.4, -0.2) is 4.98 Å². The fourth-order valence-electron chi connectivity index (χ4n) is 1.56. The largest absolute Gasteiger partial charge is 0.418 e. The van der Waals surface area contributed by atoms with Gasteiger partial charge in [-0.2, -0.15) is 13.2 Å². The molecule has 0 radical (unpaired) electrons. The third kappa shape index (κ3) is 3.29. The highest BCUT2D eigenvalue weighted by Gasteiger charge is 2.33. The van der Waals surface area contributed by atoms with E-state index in [0.29, 0.717) is 5.69 Å². The number of anilines is 3. The predicted octanol–water partition coefficient (Wildman–Crippen LogP) is 4.08. The minimum absolute atomic E-state index is 0.104. The van der Waals surface area contributed by atoms with Gasteiger partial charge in [-0.15, -0.1) is 0 Å². The number of nitrogens with zero attached hydrogens (tertiary/aromatic N) is 1. The van der Waals surface area contributed by atoms with Gasteiger partial charge in [0.1, 0.15) is 11.0 Å². The van der Waals surface area contributed by atoms with Crippen LogP contribution >= 0.6 is 11.6 Å². The molecule has 1 heterocycles. The van der Waals surface area contributed by atoms with Crippen molar-refractivity contribution in [2.24, 2.45) is 0 Å². The number of para-hydroxylation sites is 1. The molecule has 0 amide bonds. The quantitative estimate of drug-likeness (QED) is 0.818. The SMILES string of the molecule is Nc1cc(Cl)nc(Nc2ccccc2C(F)(F)F)c1. The maximum Gasteiger partial charge on any atom is 0.418 e. The molecule has 0 aliphatic heterocycles. The number of halogens is 4. The molecule has 0 spiro atoms. The van der Waals surface area contributed by atoms with E-state index >= 15 is 0 Å². The number of rotatable bonds is 2. The fraction of sp³-hybridized carbons (Fsp3) is 0.0833. The van der Waals surface area contributed by atoms with Crippen molar-refractivity contribution in [3.63, 3.8) is 0 Å². The summed E-state index contributed by atoms with van der Waals surface area (Å²) >= 11 is 5.69. The van der Waals surface area contributed by atoms with E-state index < -0.39 is 11.7 Å². The number of benzene rings is 1. The molecule has 0 aliphatic rings. The summed E-state index contributed by atoms with van der Waals surface area (Å²) in [4.78, 5) is 3.86. The van der Waals surface area contributed by atoms with Crippen LogP contribution in [0.15, 0.2) is 36.4 Å². The number of pyridine rings is 1. The Balaban J connectivity index is 2.38. The van der Waals surface area contributed by atoms with Crippen molar-refractivity contribution in [3.8, 4) is 0 Å². The maximum absolute atomic E-state index is 12.8. The highest BCUT2D eigenvalue weighted by Crippen LogP contribution is 2.35. The summed E-state index contributed by atoms with van der Waals surface area (Å²) in [6.07, 6.45) is -4.45. The Morgan fingerprint density at radius 3 is 2.47 bits per heavy atom. The van der Waals surface area contributed by atoms with Crippen LogP contribution < -0.4 is 11.1 Å². The average molecular weight is 288 g/mol. The van der Waals surface area contributed by atoms with E-state index in [9.17, 15) is 13.2 Å². The van der Waals surface area contributed by atoms with E-state index in [1.165, 1.54) is 30.3 Å². The summed E-state index contributed by atoms with van der Waals surface area (Å²) in [6, 6.07) is 7.90. The van der Waals surface area contributed by atoms with E-state index in [1.54, 1.807) is 0 Å². The number of hydrogen-bond acceptors (Lipinski definition) is 3. The van der Waals surface area contributed by atoms with Crippen LogP contribution in [0.2, 0.25) is 5.15 Å². The van der Waals surface area contributed by atoms with Gasteiger partial charge >= 0.3 is 6.18 Å². The van der Waals surface area contributed by atoms with E-state index in [1.807, 2.05) is 0 Å². The first-order valence-corrected chi connectivity index (χ1v) is 5.60. The van der Waals surface area contributed by atoms with Crippen molar-refractivity contribution < 1.29 is 13.2 Å². The molecule has 0 saturated carbocycles. The number of hydrogen-bond donors (Lipinski definition) is 2. The molecule has 0 aliphatic carbocycles. The minimum Gasteiger partial charge on any atom is -0.399 e. The summed E-state index contributed by atoms with van der Waals surface area (Å²) < 4.78 is 38.4. The first kappa shape index (κ1) is 13.5. The van der Waals surface area contributed by atoms with Gasteiger partial charge in [0, 0.05) is 11.8 Å². The van der Waals surface area contributed by atoms with Crippen LogP contribution in [0.4, 0.5) is 30.4 Å². The molecule has 3 nitrogen and oxygen atoms in total. The second-order valence-corrected chi connectivity index (χ2v) is 4.16. The monoisotopic (exact) mass is 287 g/mol. The normalized spacial score (nSPS) is 11.4. The molecule has 0 unspecified atom stereocenters. The molecule has 2 aromatic rings. The second-order valence-electron chi connectivity index (χ2n) is 3.78. The van der Waals surface area contributed by atoms with Crippen molar-refractivity contribution in [1.29, 1.82) is 0 Å². The highest BCUT2D eigenvalue weighted by molar-refractivity contribution is 6.29. The van der Waals surface area contributed by atoms with Gasteiger partial charge in [-0.1, -0.05) is 23.7 Å². The van der Waals surface area contributed by atoms with Gasteiger partial charge in [0.05, 0.1) is 11.3 Å². The first-order chi connectivity index (χ1) is 8.86. The average Bonchev–Trinajstić information content (AvgIpc) is 2.26. The van der Waals surface area contributed by atoms with E-state index in [-0.39, 0.29) is 16.7 Å². The fourth-order valence-corrected chi connectivity index (χ4v) is 1.78. The first-order valence-electron chi connectivity index (χ1n) is 5.22. The number of nitrogen functional groups attached to an aromatic ring is 1. The third-order valence-electron chi connectivity index (χ3n) is 2.31. The van der Waals surface area contributed by atoms with Gasteiger partial charge in [0.25, 0.3) is 0 Å². The lowest BCUT2D eigenvalue weighted by molar-refractivity contribution is -0.136. The maximum atomic E-state index is 12.8. The Morgan fingerprint density at radius 1 is 1.16 bits per heavy atom. The number of nitrogens with one attached hydrogen (secondary N) is 1. The van der Waals surface area contributed by atoms with Crippen LogP contribution in [-0.2, 0) is 6.18 Å². The van der Waals surface area contributed by atoms with Crippen LogP contribution in [0.5, 0.6) is 0 Å². The van der Waals surface area contributed by atoms with Gasteiger partial charge in [-0.3, -0.25) is 0 Å². The van der Waals surface area contributed by atoms with E-state index in [4.69, 9.17) is 17.3 Å². The Morgan fingerprint density at radius 2 is 1.84 bits per heavy atom.